The molecule has 3 rings (SSSR count). The molecule has 0 unspecified atom stereocenters. The minimum atomic E-state index is -0.265. The zero-order chi connectivity index (χ0) is 17.8. The Kier molecular flexibility index (Phi) is 5.25. The summed E-state index contributed by atoms with van der Waals surface area (Å²) in [5.74, 6) is 1.68. The van der Waals surface area contributed by atoms with Crippen LogP contribution in [0, 0.1) is 17.2 Å². The van der Waals surface area contributed by atoms with E-state index in [1.54, 1.807) is 31.4 Å². The van der Waals surface area contributed by atoms with Gasteiger partial charge in [0.2, 0.25) is 0 Å². The first kappa shape index (κ1) is 17.3. The Hall–Kier alpha value is -2.52. The fraction of sp³-hybridized carbons (Fsp3) is 0.368. The van der Waals surface area contributed by atoms with Crippen molar-refractivity contribution in [2.24, 2.45) is 5.92 Å². The third kappa shape index (κ3) is 3.94. The molecule has 1 aliphatic carbocycles. The second-order valence-corrected chi connectivity index (χ2v) is 7.29. The molecule has 0 bridgehead atoms. The molecule has 0 fully saturated rings. The molecule has 6 heteroatoms. The molecule has 0 radical (unpaired) electrons. The highest BCUT2D eigenvalue weighted by atomic mass is 32.1. The van der Waals surface area contributed by atoms with Crippen LogP contribution in [0.25, 0.3) is 0 Å². The van der Waals surface area contributed by atoms with E-state index < -0.39 is 0 Å². The first-order valence-corrected chi connectivity index (χ1v) is 9.03. The molecule has 1 amide bonds. The number of thiophene rings is 1. The number of rotatable bonds is 5. The maximum absolute atomic E-state index is 12.2. The molecular weight excluding hydrogens is 336 g/mol. The van der Waals surface area contributed by atoms with E-state index in [-0.39, 0.29) is 12.5 Å². The SMILES string of the molecule is COc1ccc(OCC(=O)Nc2sc3c(c2C#N)CC[C@H](C)C3)cc1. The monoisotopic (exact) mass is 356 g/mol. The zero-order valence-corrected chi connectivity index (χ0v) is 15.1. The van der Waals surface area contributed by atoms with Gasteiger partial charge >= 0.3 is 0 Å². The van der Waals surface area contributed by atoms with E-state index in [1.807, 2.05) is 0 Å². The van der Waals surface area contributed by atoms with Crippen molar-refractivity contribution in [2.45, 2.75) is 26.2 Å². The van der Waals surface area contributed by atoms with E-state index in [1.165, 1.54) is 16.2 Å². The number of anilines is 1. The minimum Gasteiger partial charge on any atom is -0.497 e. The van der Waals surface area contributed by atoms with Crippen LogP contribution in [0.2, 0.25) is 0 Å². The van der Waals surface area contributed by atoms with E-state index in [2.05, 4.69) is 18.3 Å². The number of hydrogen-bond donors (Lipinski definition) is 1. The van der Waals surface area contributed by atoms with Crippen molar-refractivity contribution in [2.75, 3.05) is 19.0 Å². The molecule has 0 saturated heterocycles. The second kappa shape index (κ2) is 7.58. The van der Waals surface area contributed by atoms with Crippen molar-refractivity contribution in [1.29, 1.82) is 5.26 Å². The molecule has 5 nitrogen and oxygen atoms in total. The molecule has 1 aromatic heterocycles. The standard InChI is InChI=1S/C19H20N2O3S/c1-12-3-8-15-16(10-20)19(25-17(15)9-12)21-18(22)11-24-14-6-4-13(23-2)5-7-14/h4-7,12H,3,8-9,11H2,1-2H3,(H,21,22)/t12-/m0/s1. The number of carbonyl (C=O) groups excluding carboxylic acids is 1. The van der Waals surface area contributed by atoms with E-state index in [4.69, 9.17) is 9.47 Å². The highest BCUT2D eigenvalue weighted by Crippen LogP contribution is 2.39. The predicted octanol–water partition coefficient (Wildman–Crippen LogP) is 3.77. The summed E-state index contributed by atoms with van der Waals surface area (Å²) in [4.78, 5) is 13.4. The van der Waals surface area contributed by atoms with E-state index >= 15 is 0 Å². The lowest BCUT2D eigenvalue weighted by Crippen LogP contribution is -2.20. The number of ether oxygens (including phenoxy) is 2. The fourth-order valence-corrected chi connectivity index (χ4v) is 4.32. The summed E-state index contributed by atoms with van der Waals surface area (Å²) in [6.45, 7) is 2.12. The van der Waals surface area contributed by atoms with Crippen LogP contribution in [0.5, 0.6) is 11.5 Å². The fourth-order valence-electron chi connectivity index (χ4n) is 2.94. The number of nitriles is 1. The van der Waals surface area contributed by atoms with Crippen molar-refractivity contribution < 1.29 is 14.3 Å². The molecule has 0 saturated carbocycles. The van der Waals surface area contributed by atoms with Gasteiger partial charge in [0.15, 0.2) is 6.61 Å². The molecular formula is C19H20N2O3S. The molecule has 1 aliphatic rings. The number of methoxy groups -OCH3 is 1. The molecule has 1 N–H and O–H groups in total. The molecule has 0 spiro atoms. The topological polar surface area (TPSA) is 71.3 Å². The molecule has 1 aromatic carbocycles. The lowest BCUT2D eigenvalue weighted by Gasteiger charge is -2.17. The lowest BCUT2D eigenvalue weighted by molar-refractivity contribution is -0.118. The van der Waals surface area contributed by atoms with Gasteiger partial charge < -0.3 is 14.8 Å². The van der Waals surface area contributed by atoms with E-state index in [9.17, 15) is 10.1 Å². The summed E-state index contributed by atoms with van der Waals surface area (Å²) in [6, 6.07) is 9.29. The van der Waals surface area contributed by atoms with Crippen molar-refractivity contribution >= 4 is 22.2 Å². The summed E-state index contributed by atoms with van der Waals surface area (Å²) in [5, 5.41) is 12.9. The van der Waals surface area contributed by atoms with Gasteiger partial charge in [-0.2, -0.15) is 5.26 Å². The first-order chi connectivity index (χ1) is 12.1. The van der Waals surface area contributed by atoms with Gasteiger partial charge in [0.1, 0.15) is 22.6 Å². The lowest BCUT2D eigenvalue weighted by atomic mass is 9.89. The van der Waals surface area contributed by atoms with Gasteiger partial charge in [0, 0.05) is 4.88 Å². The molecule has 130 valence electrons. The number of nitrogens with one attached hydrogen (secondary N) is 1. The van der Waals surface area contributed by atoms with Gasteiger partial charge in [-0.25, -0.2) is 0 Å². The average molecular weight is 356 g/mol. The van der Waals surface area contributed by atoms with Crippen molar-refractivity contribution in [3.8, 4) is 17.6 Å². The van der Waals surface area contributed by atoms with Crippen LogP contribution in [0.3, 0.4) is 0 Å². The summed E-state index contributed by atoms with van der Waals surface area (Å²) in [6.07, 6.45) is 2.98. The molecule has 1 atom stereocenters. The quantitative estimate of drug-likeness (QED) is 0.885. The van der Waals surface area contributed by atoms with Gasteiger partial charge in [0.05, 0.1) is 12.7 Å². The first-order valence-electron chi connectivity index (χ1n) is 8.22. The highest BCUT2D eigenvalue weighted by molar-refractivity contribution is 7.16. The molecule has 25 heavy (non-hydrogen) atoms. The minimum absolute atomic E-state index is 0.101. The van der Waals surface area contributed by atoms with Gasteiger partial charge in [-0.15, -0.1) is 11.3 Å². The Morgan fingerprint density at radius 1 is 1.36 bits per heavy atom. The van der Waals surface area contributed by atoms with Crippen LogP contribution in [0.4, 0.5) is 5.00 Å². The number of amides is 1. The van der Waals surface area contributed by atoms with Gasteiger partial charge in [-0.05, 0) is 55.0 Å². The van der Waals surface area contributed by atoms with E-state index in [0.29, 0.717) is 22.2 Å². The van der Waals surface area contributed by atoms with E-state index in [0.717, 1.165) is 30.6 Å². The van der Waals surface area contributed by atoms with Gasteiger partial charge in [0.25, 0.3) is 5.91 Å². The Labute approximate surface area is 151 Å². The zero-order valence-electron chi connectivity index (χ0n) is 14.3. The third-order valence-corrected chi connectivity index (χ3v) is 5.48. The summed E-state index contributed by atoms with van der Waals surface area (Å²) in [7, 11) is 1.59. The van der Waals surface area contributed by atoms with Crippen LogP contribution >= 0.6 is 11.3 Å². The number of benzene rings is 1. The number of carbonyl (C=O) groups is 1. The Morgan fingerprint density at radius 3 is 2.76 bits per heavy atom. The second-order valence-electron chi connectivity index (χ2n) is 6.18. The number of hydrogen-bond acceptors (Lipinski definition) is 5. The molecule has 1 heterocycles. The summed E-state index contributed by atoms with van der Waals surface area (Å²) < 4.78 is 10.6. The van der Waals surface area contributed by atoms with Crippen LogP contribution in [-0.4, -0.2) is 19.6 Å². The molecule has 2 aromatic rings. The van der Waals surface area contributed by atoms with Crippen molar-refractivity contribution in [3.05, 3.63) is 40.3 Å². The van der Waals surface area contributed by atoms with Crippen molar-refractivity contribution in [1.82, 2.24) is 0 Å². The van der Waals surface area contributed by atoms with Crippen LogP contribution in [-0.2, 0) is 17.6 Å². The normalized spacial score (nSPS) is 15.8. The van der Waals surface area contributed by atoms with Gasteiger partial charge in [-0.1, -0.05) is 6.92 Å². The van der Waals surface area contributed by atoms with Crippen molar-refractivity contribution in [3.63, 3.8) is 0 Å². The van der Waals surface area contributed by atoms with Gasteiger partial charge in [-0.3, -0.25) is 4.79 Å². The maximum Gasteiger partial charge on any atom is 0.262 e. The number of nitrogens with zero attached hydrogens (tertiary/aromatic N) is 1. The Bertz CT molecular complexity index is 805. The molecule has 0 aliphatic heterocycles. The Balaban J connectivity index is 1.64. The smallest absolute Gasteiger partial charge is 0.262 e. The average Bonchev–Trinajstić information content (AvgIpc) is 2.96. The Morgan fingerprint density at radius 2 is 2.08 bits per heavy atom. The summed E-state index contributed by atoms with van der Waals surface area (Å²) in [5.41, 5.74) is 1.72. The maximum atomic E-state index is 12.2. The van der Waals surface area contributed by atoms with Crippen LogP contribution in [0.15, 0.2) is 24.3 Å². The van der Waals surface area contributed by atoms with Crippen LogP contribution in [0.1, 0.15) is 29.3 Å². The number of fused-ring (bicyclic) bond motifs is 1. The third-order valence-electron chi connectivity index (χ3n) is 4.31. The van der Waals surface area contributed by atoms with Crippen LogP contribution < -0.4 is 14.8 Å². The predicted molar refractivity (Wildman–Crippen MR) is 97.3 cm³/mol. The largest absolute Gasteiger partial charge is 0.497 e. The summed E-state index contributed by atoms with van der Waals surface area (Å²) >= 11 is 1.52. The highest BCUT2D eigenvalue weighted by Gasteiger charge is 2.24.